The first kappa shape index (κ1) is 13.2. The molecule has 0 aliphatic rings. The quantitative estimate of drug-likeness (QED) is 0.778. The highest BCUT2D eigenvalue weighted by Gasteiger charge is 2.16. The summed E-state index contributed by atoms with van der Waals surface area (Å²) in [5.41, 5.74) is 0.489. The Kier molecular flexibility index (Phi) is 4.93. The van der Waals surface area contributed by atoms with E-state index in [9.17, 15) is 9.18 Å². The minimum atomic E-state index is -0.334. The fourth-order valence-electron chi connectivity index (χ4n) is 1.36. The molecule has 0 saturated heterocycles. The Hall–Kier alpha value is -0.900. The van der Waals surface area contributed by atoms with E-state index >= 15 is 0 Å². The lowest BCUT2D eigenvalue weighted by Gasteiger charge is -2.09. The number of methoxy groups -OCH3 is 1. The number of carbonyl (C=O) groups is 1. The summed E-state index contributed by atoms with van der Waals surface area (Å²) < 4.78 is 18.5. The van der Waals surface area contributed by atoms with Crippen molar-refractivity contribution in [1.82, 2.24) is 0 Å². The second kappa shape index (κ2) is 5.99. The maximum absolute atomic E-state index is 13.4. The van der Waals surface area contributed by atoms with Crippen LogP contribution in [0.25, 0.3) is 0 Å². The summed E-state index contributed by atoms with van der Waals surface area (Å²) in [7, 11) is 1.53. The van der Waals surface area contributed by atoms with Crippen molar-refractivity contribution >= 4 is 21.7 Å². The molecule has 0 bridgehead atoms. The lowest BCUT2D eigenvalue weighted by molar-refractivity contribution is -0.118. The molecule has 0 heterocycles. The number of halogens is 2. The van der Waals surface area contributed by atoms with Gasteiger partial charge in [0.15, 0.2) is 0 Å². The minimum absolute atomic E-state index is 0.0715. The summed E-state index contributed by atoms with van der Waals surface area (Å²) in [6, 6.07) is 4.53. The summed E-state index contributed by atoms with van der Waals surface area (Å²) in [5, 5.41) is 0. The van der Waals surface area contributed by atoms with E-state index in [4.69, 9.17) is 4.74 Å². The summed E-state index contributed by atoms with van der Waals surface area (Å²) in [4.78, 5) is 11.0. The molecule has 0 saturated carbocycles. The van der Waals surface area contributed by atoms with Crippen LogP contribution in [-0.2, 0) is 11.2 Å². The fourth-order valence-corrected chi connectivity index (χ4v) is 2.04. The van der Waals surface area contributed by atoms with E-state index < -0.39 is 0 Å². The highest BCUT2D eigenvalue weighted by molar-refractivity contribution is 9.10. The van der Waals surface area contributed by atoms with Crippen molar-refractivity contribution in [3.05, 3.63) is 29.6 Å². The summed E-state index contributed by atoms with van der Waals surface area (Å²) >= 11 is 3.26. The topological polar surface area (TPSA) is 26.3 Å². The maximum atomic E-state index is 13.4. The van der Waals surface area contributed by atoms with Crippen LogP contribution >= 0.6 is 15.9 Å². The predicted octanol–water partition coefficient (Wildman–Crippen LogP) is 3.12. The lowest BCUT2D eigenvalue weighted by Crippen LogP contribution is -2.16. The molecule has 0 N–H and O–H groups in total. The highest BCUT2D eigenvalue weighted by atomic mass is 79.9. The second-order valence-electron chi connectivity index (χ2n) is 3.45. The number of benzene rings is 1. The third-order valence-electron chi connectivity index (χ3n) is 2.35. The van der Waals surface area contributed by atoms with E-state index in [1.807, 2.05) is 0 Å². The number of alkyl halides is 1. The molecule has 0 aliphatic heterocycles. The van der Waals surface area contributed by atoms with E-state index in [-0.39, 0.29) is 16.4 Å². The molecule has 0 radical (unpaired) electrons. The van der Waals surface area contributed by atoms with Crippen molar-refractivity contribution in [2.75, 3.05) is 7.11 Å². The molecule has 16 heavy (non-hydrogen) atoms. The monoisotopic (exact) mass is 288 g/mol. The Bertz CT molecular complexity index is 379. The average molecular weight is 289 g/mol. The van der Waals surface area contributed by atoms with Crippen LogP contribution in [-0.4, -0.2) is 17.7 Å². The van der Waals surface area contributed by atoms with Gasteiger partial charge in [-0.1, -0.05) is 22.9 Å². The van der Waals surface area contributed by atoms with E-state index in [0.29, 0.717) is 24.2 Å². The first-order valence-corrected chi connectivity index (χ1v) is 5.99. The summed E-state index contributed by atoms with van der Waals surface area (Å²) in [6.07, 6.45) is 0.789. The Morgan fingerprint density at radius 1 is 1.56 bits per heavy atom. The van der Waals surface area contributed by atoms with Crippen molar-refractivity contribution in [3.63, 3.8) is 0 Å². The molecule has 1 aromatic rings. The fraction of sp³-hybridized carbons (Fsp3) is 0.417. The Labute approximate surface area is 103 Å². The van der Waals surface area contributed by atoms with Crippen molar-refractivity contribution in [2.24, 2.45) is 0 Å². The van der Waals surface area contributed by atoms with Gasteiger partial charge in [0.25, 0.3) is 0 Å². The van der Waals surface area contributed by atoms with Crippen LogP contribution in [0.5, 0.6) is 5.75 Å². The van der Waals surface area contributed by atoms with Crippen LogP contribution in [0.1, 0.15) is 18.9 Å². The number of carbonyl (C=O) groups excluding carboxylic acids is 1. The third-order valence-corrected chi connectivity index (χ3v) is 3.18. The van der Waals surface area contributed by atoms with Gasteiger partial charge in [0.2, 0.25) is 0 Å². The van der Waals surface area contributed by atoms with Gasteiger partial charge >= 0.3 is 0 Å². The molecule has 1 unspecified atom stereocenters. The van der Waals surface area contributed by atoms with Crippen LogP contribution in [0, 0.1) is 5.82 Å². The largest absolute Gasteiger partial charge is 0.497 e. The van der Waals surface area contributed by atoms with Crippen LogP contribution in [0.15, 0.2) is 18.2 Å². The Morgan fingerprint density at radius 3 is 2.81 bits per heavy atom. The normalized spacial score (nSPS) is 12.2. The average Bonchev–Trinajstić information content (AvgIpc) is 2.30. The molecular weight excluding hydrogens is 275 g/mol. The smallest absolute Gasteiger partial charge is 0.146 e. The standard InChI is InChI=1S/C12H14BrFO2/c1-3-12(15)10(13)7-8-6-9(16-2)4-5-11(8)14/h4-6,10H,3,7H2,1-2H3. The minimum Gasteiger partial charge on any atom is -0.497 e. The second-order valence-corrected chi connectivity index (χ2v) is 4.55. The van der Waals surface area contributed by atoms with Crippen LogP contribution in [0.3, 0.4) is 0 Å². The maximum Gasteiger partial charge on any atom is 0.146 e. The van der Waals surface area contributed by atoms with Crippen molar-refractivity contribution in [3.8, 4) is 5.75 Å². The van der Waals surface area contributed by atoms with Gasteiger partial charge in [0.05, 0.1) is 11.9 Å². The van der Waals surface area contributed by atoms with Gasteiger partial charge in [0, 0.05) is 6.42 Å². The molecule has 0 fully saturated rings. The van der Waals surface area contributed by atoms with Crippen LogP contribution < -0.4 is 4.74 Å². The molecule has 88 valence electrons. The number of hydrogen-bond acceptors (Lipinski definition) is 2. The molecule has 0 spiro atoms. The SMILES string of the molecule is CCC(=O)C(Br)Cc1cc(OC)ccc1F. The van der Waals surface area contributed by atoms with Gasteiger partial charge in [-0.25, -0.2) is 4.39 Å². The number of Topliss-reactive ketones (excluding diaryl/α,β-unsaturated/α-hetero) is 1. The lowest BCUT2D eigenvalue weighted by atomic mass is 10.1. The van der Waals surface area contributed by atoms with Crippen molar-refractivity contribution < 1.29 is 13.9 Å². The zero-order valence-electron chi connectivity index (χ0n) is 9.30. The molecular formula is C12H14BrFO2. The van der Waals surface area contributed by atoms with Gasteiger partial charge < -0.3 is 4.74 Å². The Balaban J connectivity index is 2.83. The van der Waals surface area contributed by atoms with E-state index in [0.717, 1.165) is 0 Å². The number of hydrogen-bond donors (Lipinski definition) is 0. The van der Waals surface area contributed by atoms with Gasteiger partial charge in [-0.2, -0.15) is 0 Å². The molecule has 1 rings (SSSR count). The number of ether oxygens (including phenoxy) is 1. The zero-order valence-corrected chi connectivity index (χ0v) is 10.9. The van der Waals surface area contributed by atoms with Crippen LogP contribution in [0.2, 0.25) is 0 Å². The predicted molar refractivity (Wildman–Crippen MR) is 64.7 cm³/mol. The zero-order chi connectivity index (χ0) is 12.1. The Morgan fingerprint density at radius 2 is 2.25 bits per heavy atom. The first-order valence-electron chi connectivity index (χ1n) is 5.07. The molecule has 4 heteroatoms. The number of rotatable bonds is 5. The summed E-state index contributed by atoms with van der Waals surface area (Å²) in [6.45, 7) is 1.79. The molecule has 0 amide bonds. The van der Waals surface area contributed by atoms with Gasteiger partial charge in [-0.05, 0) is 30.2 Å². The van der Waals surface area contributed by atoms with E-state index in [1.165, 1.54) is 13.2 Å². The molecule has 2 nitrogen and oxygen atoms in total. The molecule has 1 aromatic carbocycles. The first-order chi connectivity index (χ1) is 7.58. The summed E-state index contributed by atoms with van der Waals surface area (Å²) in [5.74, 6) is 0.358. The van der Waals surface area contributed by atoms with Crippen molar-refractivity contribution in [1.29, 1.82) is 0 Å². The van der Waals surface area contributed by atoms with E-state index in [2.05, 4.69) is 15.9 Å². The van der Waals surface area contributed by atoms with Crippen LogP contribution in [0.4, 0.5) is 4.39 Å². The molecule has 0 aliphatic carbocycles. The van der Waals surface area contributed by atoms with Gasteiger partial charge in [-0.15, -0.1) is 0 Å². The van der Waals surface area contributed by atoms with Crippen molar-refractivity contribution in [2.45, 2.75) is 24.6 Å². The molecule has 1 atom stereocenters. The third kappa shape index (κ3) is 3.30. The van der Waals surface area contributed by atoms with Gasteiger partial charge in [-0.3, -0.25) is 4.79 Å². The highest BCUT2D eigenvalue weighted by Crippen LogP contribution is 2.20. The molecule has 0 aromatic heterocycles. The number of ketones is 1. The van der Waals surface area contributed by atoms with E-state index in [1.54, 1.807) is 19.1 Å². The van der Waals surface area contributed by atoms with Gasteiger partial charge in [0.1, 0.15) is 17.3 Å².